The van der Waals surface area contributed by atoms with E-state index in [0.29, 0.717) is 21.6 Å². The molecule has 0 N–H and O–H groups in total. The van der Waals surface area contributed by atoms with Crippen LogP contribution in [0, 0.1) is 6.92 Å². The van der Waals surface area contributed by atoms with Gasteiger partial charge in [0.25, 0.3) is 11.8 Å². The molecular formula is C18H18N2O6. The van der Waals surface area contributed by atoms with Crippen molar-refractivity contribution >= 4 is 34.4 Å². The van der Waals surface area contributed by atoms with Crippen LogP contribution in [0.5, 0.6) is 0 Å². The van der Waals surface area contributed by atoms with Gasteiger partial charge in [0.05, 0.1) is 12.0 Å². The molecule has 136 valence electrons. The third-order valence-electron chi connectivity index (χ3n) is 4.31. The van der Waals surface area contributed by atoms with Gasteiger partial charge in [-0.25, -0.2) is 9.59 Å². The van der Waals surface area contributed by atoms with Crippen LogP contribution in [-0.4, -0.2) is 36.9 Å². The van der Waals surface area contributed by atoms with Crippen molar-refractivity contribution in [1.82, 2.24) is 5.06 Å². The number of nitrogens with zero attached hydrogens (tertiary/aromatic N) is 2. The fraction of sp³-hybridized carbons (Fsp3) is 0.333. The van der Waals surface area contributed by atoms with Crippen molar-refractivity contribution in [3.8, 4) is 0 Å². The molecule has 0 radical (unpaired) electrons. The summed E-state index contributed by atoms with van der Waals surface area (Å²) in [4.78, 5) is 54.1. The molecule has 1 fully saturated rings. The van der Waals surface area contributed by atoms with Crippen molar-refractivity contribution in [2.45, 2.75) is 26.2 Å². The van der Waals surface area contributed by atoms with E-state index in [1.54, 1.807) is 13.0 Å². The molecule has 1 aromatic heterocycles. The number of benzene rings is 1. The van der Waals surface area contributed by atoms with E-state index in [2.05, 4.69) is 0 Å². The summed E-state index contributed by atoms with van der Waals surface area (Å²) in [6.07, 6.45) is -0.370. The summed E-state index contributed by atoms with van der Waals surface area (Å²) in [5, 5.41) is 1.16. The monoisotopic (exact) mass is 358 g/mol. The number of carbonyl (C=O) groups excluding carboxylic acids is 3. The van der Waals surface area contributed by atoms with Crippen LogP contribution in [-0.2, 0) is 25.6 Å². The third kappa shape index (κ3) is 3.17. The van der Waals surface area contributed by atoms with Gasteiger partial charge in [0.15, 0.2) is 0 Å². The first-order chi connectivity index (χ1) is 12.3. The first-order valence-electron chi connectivity index (χ1n) is 8.08. The van der Waals surface area contributed by atoms with Crippen LogP contribution in [0.15, 0.2) is 27.4 Å². The molecule has 2 heterocycles. The van der Waals surface area contributed by atoms with Crippen LogP contribution in [0.25, 0.3) is 11.0 Å². The number of carbonyl (C=O) groups is 3. The Morgan fingerprint density at radius 1 is 1.19 bits per heavy atom. The van der Waals surface area contributed by atoms with Crippen LogP contribution >= 0.6 is 0 Å². The van der Waals surface area contributed by atoms with Crippen molar-refractivity contribution < 1.29 is 23.6 Å². The topological polar surface area (TPSA) is 97.1 Å². The minimum Gasteiger partial charge on any atom is -0.422 e. The summed E-state index contributed by atoms with van der Waals surface area (Å²) in [6.45, 7) is 1.71. The zero-order valence-corrected chi connectivity index (χ0v) is 14.7. The zero-order chi connectivity index (χ0) is 19.0. The largest absolute Gasteiger partial charge is 0.422 e. The maximum atomic E-state index is 12.3. The van der Waals surface area contributed by atoms with Crippen LogP contribution in [0.3, 0.4) is 0 Å². The molecule has 1 aliphatic heterocycles. The number of hydrogen-bond acceptors (Lipinski definition) is 7. The Labute approximate surface area is 148 Å². The smallest absolute Gasteiger partial charge is 0.340 e. The molecule has 0 unspecified atom stereocenters. The quantitative estimate of drug-likeness (QED) is 0.600. The van der Waals surface area contributed by atoms with E-state index >= 15 is 0 Å². The van der Waals surface area contributed by atoms with Gasteiger partial charge in [0.2, 0.25) is 0 Å². The molecule has 8 nitrogen and oxygen atoms in total. The summed E-state index contributed by atoms with van der Waals surface area (Å²) in [6, 6.07) is 5.43. The lowest BCUT2D eigenvalue weighted by Gasteiger charge is -2.15. The van der Waals surface area contributed by atoms with E-state index in [9.17, 15) is 19.2 Å². The van der Waals surface area contributed by atoms with Crippen LogP contribution < -0.4 is 10.5 Å². The lowest BCUT2D eigenvalue weighted by molar-refractivity contribution is -0.197. The molecule has 1 aliphatic rings. The summed E-state index contributed by atoms with van der Waals surface area (Å²) < 4.78 is 5.34. The van der Waals surface area contributed by atoms with Crippen molar-refractivity contribution in [1.29, 1.82) is 0 Å². The maximum absolute atomic E-state index is 12.3. The highest BCUT2D eigenvalue weighted by Crippen LogP contribution is 2.24. The number of anilines is 1. The van der Waals surface area contributed by atoms with E-state index in [-0.39, 0.29) is 18.4 Å². The van der Waals surface area contributed by atoms with Gasteiger partial charge >= 0.3 is 11.6 Å². The second-order valence-corrected chi connectivity index (χ2v) is 6.29. The van der Waals surface area contributed by atoms with Crippen molar-refractivity contribution in [3.05, 3.63) is 39.7 Å². The van der Waals surface area contributed by atoms with E-state index < -0.39 is 29.8 Å². The second kappa shape index (κ2) is 6.62. The highest BCUT2D eigenvalue weighted by atomic mass is 16.7. The van der Waals surface area contributed by atoms with Gasteiger partial charge in [0, 0.05) is 44.1 Å². The number of fused-ring (bicyclic) bond motifs is 1. The Morgan fingerprint density at radius 3 is 2.46 bits per heavy atom. The van der Waals surface area contributed by atoms with Gasteiger partial charge in [-0.15, -0.1) is 5.06 Å². The van der Waals surface area contributed by atoms with Crippen molar-refractivity contribution in [2.75, 3.05) is 19.0 Å². The summed E-state index contributed by atoms with van der Waals surface area (Å²) in [5.74, 6) is -2.00. The summed E-state index contributed by atoms with van der Waals surface area (Å²) >= 11 is 0. The highest BCUT2D eigenvalue weighted by molar-refractivity contribution is 6.01. The van der Waals surface area contributed by atoms with Crippen molar-refractivity contribution in [3.63, 3.8) is 0 Å². The Morgan fingerprint density at radius 2 is 1.85 bits per heavy atom. The molecule has 2 amide bonds. The Bertz CT molecular complexity index is 960. The van der Waals surface area contributed by atoms with E-state index in [0.717, 1.165) is 5.69 Å². The van der Waals surface area contributed by atoms with Gasteiger partial charge < -0.3 is 14.2 Å². The minimum atomic E-state index is -0.867. The molecule has 1 saturated heterocycles. The molecule has 3 rings (SSSR count). The summed E-state index contributed by atoms with van der Waals surface area (Å²) in [5.41, 5.74) is 1.37. The molecule has 0 aliphatic carbocycles. The predicted octanol–water partition coefficient (Wildman–Crippen LogP) is 1.32. The Kier molecular flexibility index (Phi) is 4.50. The van der Waals surface area contributed by atoms with E-state index in [4.69, 9.17) is 9.25 Å². The fourth-order valence-electron chi connectivity index (χ4n) is 2.80. The molecule has 2 aromatic rings. The van der Waals surface area contributed by atoms with Gasteiger partial charge in [-0.1, -0.05) is 0 Å². The third-order valence-corrected chi connectivity index (χ3v) is 4.31. The van der Waals surface area contributed by atoms with Crippen LogP contribution in [0.1, 0.15) is 24.0 Å². The normalized spacial score (nSPS) is 14.2. The van der Waals surface area contributed by atoms with E-state index in [1.165, 1.54) is 0 Å². The first-order valence-corrected chi connectivity index (χ1v) is 8.08. The van der Waals surface area contributed by atoms with Gasteiger partial charge in [0.1, 0.15) is 5.58 Å². The zero-order valence-electron chi connectivity index (χ0n) is 14.7. The minimum absolute atomic E-state index is 0.0114. The van der Waals surface area contributed by atoms with E-state index in [1.807, 2.05) is 31.1 Å². The second-order valence-electron chi connectivity index (χ2n) is 6.29. The molecule has 26 heavy (non-hydrogen) atoms. The molecular weight excluding hydrogens is 340 g/mol. The number of aryl methyl sites for hydroxylation is 1. The van der Waals surface area contributed by atoms with Gasteiger partial charge in [-0.2, -0.15) is 0 Å². The standard InChI is InChI=1S/C18H18N2O6/c1-10-12-5-4-11(19(2)3)8-14(12)25-18(24)13(10)9-17(23)26-20-15(21)6-7-16(20)22/h4-5,8H,6-7,9H2,1-3H3. The molecule has 0 spiro atoms. The SMILES string of the molecule is Cc1c(CC(=O)ON2C(=O)CCC2=O)c(=O)oc2cc(N(C)C)ccc12. The molecule has 0 saturated carbocycles. The average molecular weight is 358 g/mol. The Balaban J connectivity index is 1.89. The number of hydroxylamine groups is 2. The number of imide groups is 1. The van der Waals surface area contributed by atoms with Crippen molar-refractivity contribution in [2.24, 2.45) is 0 Å². The number of amides is 2. The molecule has 8 heteroatoms. The lowest BCUT2D eigenvalue weighted by Crippen LogP contribution is -2.33. The predicted molar refractivity (Wildman–Crippen MR) is 92.4 cm³/mol. The molecule has 0 atom stereocenters. The number of hydrogen-bond donors (Lipinski definition) is 0. The van der Waals surface area contributed by atoms with Gasteiger partial charge in [-0.3, -0.25) is 9.59 Å². The maximum Gasteiger partial charge on any atom is 0.340 e. The summed E-state index contributed by atoms with van der Waals surface area (Å²) in [7, 11) is 3.74. The fourth-order valence-corrected chi connectivity index (χ4v) is 2.80. The van der Waals surface area contributed by atoms with Crippen LogP contribution in [0.2, 0.25) is 0 Å². The molecule has 0 bridgehead atoms. The highest BCUT2D eigenvalue weighted by Gasteiger charge is 2.33. The molecule has 1 aromatic carbocycles. The number of rotatable bonds is 4. The Hall–Kier alpha value is -3.16. The van der Waals surface area contributed by atoms with Gasteiger partial charge in [-0.05, 0) is 24.6 Å². The lowest BCUT2D eigenvalue weighted by atomic mass is 10.0. The van der Waals surface area contributed by atoms with Crippen LogP contribution in [0.4, 0.5) is 5.69 Å². The first kappa shape index (κ1) is 17.7. The average Bonchev–Trinajstić information content (AvgIpc) is 2.90.